The van der Waals surface area contributed by atoms with Crippen molar-refractivity contribution in [1.82, 2.24) is 4.98 Å². The first kappa shape index (κ1) is 11.8. The summed E-state index contributed by atoms with van der Waals surface area (Å²) in [6.45, 7) is 0. The van der Waals surface area contributed by atoms with E-state index in [2.05, 4.69) is 4.98 Å². The van der Waals surface area contributed by atoms with Crippen LogP contribution in [0.5, 0.6) is 0 Å². The molecule has 0 saturated carbocycles. The van der Waals surface area contributed by atoms with Crippen LogP contribution in [-0.2, 0) is 6.18 Å². The number of pyridine rings is 1. The third kappa shape index (κ3) is 3.13. The standard InChI is InChI=1S/C9H8ClF3N2/c10-3-1-2-6-4-7(9(11,12)13)5-15-8(6)14/h1-2,4-5H,3H2,(H2,14,15). The Labute approximate surface area is 89.6 Å². The first-order valence-electron chi connectivity index (χ1n) is 4.00. The van der Waals surface area contributed by atoms with E-state index in [-0.39, 0.29) is 17.3 Å². The summed E-state index contributed by atoms with van der Waals surface area (Å²) in [4.78, 5) is 3.46. The molecule has 2 N–H and O–H groups in total. The fourth-order valence-corrected chi connectivity index (χ4v) is 1.04. The SMILES string of the molecule is Nc1ncc(C(F)(F)F)cc1C=CCCl. The summed E-state index contributed by atoms with van der Waals surface area (Å²) in [7, 11) is 0. The summed E-state index contributed by atoms with van der Waals surface area (Å²) in [6, 6.07) is 0.936. The minimum absolute atomic E-state index is 0.0457. The lowest BCUT2D eigenvalue weighted by molar-refractivity contribution is -0.137. The zero-order valence-electron chi connectivity index (χ0n) is 7.55. The van der Waals surface area contributed by atoms with Crippen molar-refractivity contribution in [2.45, 2.75) is 6.18 Å². The first-order chi connectivity index (χ1) is 6.95. The third-order valence-corrected chi connectivity index (χ3v) is 1.84. The topological polar surface area (TPSA) is 38.9 Å². The van der Waals surface area contributed by atoms with E-state index in [4.69, 9.17) is 17.3 Å². The molecule has 0 bridgehead atoms. The van der Waals surface area contributed by atoms with Crippen molar-refractivity contribution in [2.75, 3.05) is 11.6 Å². The van der Waals surface area contributed by atoms with Crippen LogP contribution in [-0.4, -0.2) is 10.9 Å². The highest BCUT2D eigenvalue weighted by Gasteiger charge is 2.31. The molecule has 82 valence electrons. The number of aromatic nitrogens is 1. The van der Waals surface area contributed by atoms with Crippen LogP contribution in [0.25, 0.3) is 6.08 Å². The Hall–Kier alpha value is -1.23. The maximum atomic E-state index is 12.3. The minimum Gasteiger partial charge on any atom is -0.383 e. The van der Waals surface area contributed by atoms with Crippen LogP contribution in [0.3, 0.4) is 0 Å². The second-order valence-corrected chi connectivity index (χ2v) is 3.06. The summed E-state index contributed by atoms with van der Waals surface area (Å²) in [5.74, 6) is 0.250. The summed E-state index contributed by atoms with van der Waals surface area (Å²) < 4.78 is 36.9. The highest BCUT2D eigenvalue weighted by molar-refractivity contribution is 6.19. The van der Waals surface area contributed by atoms with Gasteiger partial charge < -0.3 is 5.73 Å². The van der Waals surface area contributed by atoms with Crippen LogP contribution in [0, 0.1) is 0 Å². The number of alkyl halides is 4. The summed E-state index contributed by atoms with van der Waals surface area (Å²) in [6.07, 6.45) is -0.808. The Balaban J connectivity index is 3.11. The molecule has 1 heterocycles. The van der Waals surface area contributed by atoms with Crippen LogP contribution < -0.4 is 5.73 Å². The van der Waals surface area contributed by atoms with Gasteiger partial charge in [-0.1, -0.05) is 12.2 Å². The van der Waals surface area contributed by atoms with Gasteiger partial charge in [-0.05, 0) is 6.07 Å². The molecular weight excluding hydrogens is 229 g/mol. The van der Waals surface area contributed by atoms with E-state index < -0.39 is 11.7 Å². The van der Waals surface area contributed by atoms with Crippen LogP contribution in [0.1, 0.15) is 11.1 Å². The Morgan fingerprint density at radius 1 is 1.47 bits per heavy atom. The number of nitrogen functional groups attached to an aromatic ring is 1. The molecule has 1 aromatic heterocycles. The van der Waals surface area contributed by atoms with Crippen molar-refractivity contribution in [2.24, 2.45) is 0 Å². The average molecular weight is 237 g/mol. The number of allylic oxidation sites excluding steroid dienone is 1. The number of halogens is 4. The Kier molecular flexibility index (Phi) is 3.57. The number of nitrogens with zero attached hydrogens (tertiary/aromatic N) is 1. The van der Waals surface area contributed by atoms with E-state index in [0.29, 0.717) is 6.20 Å². The quantitative estimate of drug-likeness (QED) is 0.802. The second-order valence-electron chi connectivity index (χ2n) is 2.75. The zero-order valence-corrected chi connectivity index (χ0v) is 8.31. The van der Waals surface area contributed by atoms with E-state index in [1.165, 1.54) is 12.2 Å². The highest BCUT2D eigenvalue weighted by Crippen LogP contribution is 2.30. The smallest absolute Gasteiger partial charge is 0.383 e. The lowest BCUT2D eigenvalue weighted by atomic mass is 10.1. The normalized spacial score (nSPS) is 12.3. The molecule has 0 aromatic carbocycles. The van der Waals surface area contributed by atoms with E-state index in [9.17, 15) is 13.2 Å². The Morgan fingerprint density at radius 2 is 2.13 bits per heavy atom. The highest BCUT2D eigenvalue weighted by atomic mass is 35.5. The van der Waals surface area contributed by atoms with E-state index in [1.54, 1.807) is 0 Å². The fourth-order valence-electron chi connectivity index (χ4n) is 0.952. The molecule has 15 heavy (non-hydrogen) atoms. The van der Waals surface area contributed by atoms with Gasteiger partial charge in [-0.25, -0.2) is 4.98 Å². The van der Waals surface area contributed by atoms with Gasteiger partial charge in [0.2, 0.25) is 0 Å². The predicted molar refractivity (Wildman–Crippen MR) is 53.4 cm³/mol. The van der Waals surface area contributed by atoms with E-state index in [0.717, 1.165) is 6.07 Å². The van der Waals surface area contributed by atoms with Crippen molar-refractivity contribution >= 4 is 23.5 Å². The van der Waals surface area contributed by atoms with Gasteiger partial charge in [-0.3, -0.25) is 0 Å². The second kappa shape index (κ2) is 4.53. The van der Waals surface area contributed by atoms with Gasteiger partial charge in [0.25, 0.3) is 0 Å². The summed E-state index contributed by atoms with van der Waals surface area (Å²) in [5.41, 5.74) is 4.79. The number of anilines is 1. The molecule has 0 unspecified atom stereocenters. The monoisotopic (exact) mass is 236 g/mol. The lowest BCUT2D eigenvalue weighted by Gasteiger charge is -2.07. The first-order valence-corrected chi connectivity index (χ1v) is 4.54. The van der Waals surface area contributed by atoms with Crippen molar-refractivity contribution in [3.8, 4) is 0 Å². The molecule has 0 fully saturated rings. The average Bonchev–Trinajstić information content (AvgIpc) is 2.15. The third-order valence-electron chi connectivity index (χ3n) is 1.66. The minimum atomic E-state index is -4.41. The molecule has 0 amide bonds. The van der Waals surface area contributed by atoms with Crippen molar-refractivity contribution in [3.05, 3.63) is 29.5 Å². The van der Waals surface area contributed by atoms with Crippen LogP contribution in [0.2, 0.25) is 0 Å². The number of hydrogen-bond donors (Lipinski definition) is 1. The molecule has 0 atom stereocenters. The van der Waals surface area contributed by atoms with Crippen LogP contribution in [0.4, 0.5) is 19.0 Å². The number of rotatable bonds is 2. The molecule has 1 rings (SSSR count). The van der Waals surface area contributed by atoms with E-state index in [1.807, 2.05) is 0 Å². The van der Waals surface area contributed by atoms with Crippen molar-refractivity contribution in [1.29, 1.82) is 0 Å². The van der Waals surface area contributed by atoms with Crippen molar-refractivity contribution < 1.29 is 13.2 Å². The maximum absolute atomic E-state index is 12.3. The molecule has 0 aliphatic carbocycles. The molecule has 1 aromatic rings. The van der Waals surface area contributed by atoms with Gasteiger partial charge >= 0.3 is 6.18 Å². The zero-order chi connectivity index (χ0) is 11.5. The predicted octanol–water partition coefficient (Wildman–Crippen LogP) is 2.93. The molecule has 0 radical (unpaired) electrons. The van der Waals surface area contributed by atoms with Crippen LogP contribution >= 0.6 is 11.6 Å². The van der Waals surface area contributed by atoms with Gasteiger partial charge in [0.1, 0.15) is 5.82 Å². The van der Waals surface area contributed by atoms with Gasteiger partial charge in [0.05, 0.1) is 5.56 Å². The Morgan fingerprint density at radius 3 is 2.67 bits per heavy atom. The molecule has 6 heteroatoms. The molecule has 0 aliphatic rings. The van der Waals surface area contributed by atoms with Gasteiger partial charge in [0, 0.05) is 17.6 Å². The summed E-state index contributed by atoms with van der Waals surface area (Å²) >= 11 is 5.36. The van der Waals surface area contributed by atoms with Gasteiger partial charge in [-0.2, -0.15) is 13.2 Å². The number of hydrogen-bond acceptors (Lipinski definition) is 2. The summed E-state index contributed by atoms with van der Waals surface area (Å²) in [5, 5.41) is 0. The van der Waals surface area contributed by atoms with Gasteiger partial charge in [0.15, 0.2) is 0 Å². The molecule has 0 aliphatic heterocycles. The lowest BCUT2D eigenvalue weighted by Crippen LogP contribution is -2.07. The Bertz CT molecular complexity index is 374. The van der Waals surface area contributed by atoms with Crippen molar-refractivity contribution in [3.63, 3.8) is 0 Å². The fraction of sp³-hybridized carbons (Fsp3) is 0.222. The molecule has 2 nitrogen and oxygen atoms in total. The van der Waals surface area contributed by atoms with E-state index >= 15 is 0 Å². The molecule has 0 spiro atoms. The largest absolute Gasteiger partial charge is 0.417 e. The van der Waals surface area contributed by atoms with Gasteiger partial charge in [-0.15, -0.1) is 11.6 Å². The number of nitrogens with two attached hydrogens (primary N) is 1. The molecular formula is C9H8ClF3N2. The maximum Gasteiger partial charge on any atom is 0.417 e. The molecule has 0 saturated heterocycles. The van der Waals surface area contributed by atoms with Crippen LogP contribution in [0.15, 0.2) is 18.3 Å².